The van der Waals surface area contributed by atoms with Gasteiger partial charge in [0.25, 0.3) is 0 Å². The van der Waals surface area contributed by atoms with Crippen LogP contribution in [0.5, 0.6) is 5.75 Å². The first-order valence-electron chi connectivity index (χ1n) is 12.5. The molecule has 0 amide bonds. The lowest BCUT2D eigenvalue weighted by molar-refractivity contribution is 0.234. The molecule has 0 bridgehead atoms. The Labute approximate surface area is 220 Å². The molecule has 1 aromatic carbocycles. The highest BCUT2D eigenvalue weighted by Crippen LogP contribution is 2.39. The number of halogens is 1. The number of aromatic hydroxyl groups is 1. The predicted molar refractivity (Wildman–Crippen MR) is 147 cm³/mol. The standard InChI is InChI=1S/C28H32BrN5O2/c1-3-33(17-20-13-21(35)14-23(18(20)2)19-9-10-19)12-6-11-30-27-15-25(22-7-4-5-8-26(22)36)32-28-24(29)16-31-34(27)28/h4-5,7-9,13-16,18,20,30,35-36H,3,6,10-12,17H2,1-2H3. The lowest BCUT2D eigenvalue weighted by atomic mass is 9.81. The van der Waals surface area contributed by atoms with E-state index in [1.54, 1.807) is 22.8 Å². The molecule has 2 aliphatic rings. The van der Waals surface area contributed by atoms with E-state index in [1.165, 1.54) is 11.1 Å². The zero-order valence-corrected chi connectivity index (χ0v) is 22.2. The summed E-state index contributed by atoms with van der Waals surface area (Å²) >= 11 is 3.54. The van der Waals surface area contributed by atoms with E-state index in [2.05, 4.69) is 51.2 Å². The fourth-order valence-electron chi connectivity index (χ4n) is 4.90. The van der Waals surface area contributed by atoms with Gasteiger partial charge in [-0.25, -0.2) is 4.98 Å². The molecule has 2 unspecified atom stereocenters. The van der Waals surface area contributed by atoms with Crippen molar-refractivity contribution in [3.05, 3.63) is 76.1 Å². The summed E-state index contributed by atoms with van der Waals surface area (Å²) in [5, 5.41) is 28.6. The Hall–Kier alpha value is -3.10. The number of aromatic nitrogens is 3. The van der Waals surface area contributed by atoms with Crippen LogP contribution in [0.25, 0.3) is 16.9 Å². The van der Waals surface area contributed by atoms with Crippen molar-refractivity contribution in [1.82, 2.24) is 19.5 Å². The molecule has 2 heterocycles. The van der Waals surface area contributed by atoms with Crippen LogP contribution < -0.4 is 5.32 Å². The number of fused-ring (bicyclic) bond motifs is 1. The molecule has 7 nitrogen and oxygen atoms in total. The minimum absolute atomic E-state index is 0.197. The number of phenolic OH excluding ortho intramolecular Hbond substituents is 1. The summed E-state index contributed by atoms with van der Waals surface area (Å²) in [6.45, 7) is 8.07. The van der Waals surface area contributed by atoms with E-state index in [1.807, 2.05) is 30.4 Å². The molecule has 36 heavy (non-hydrogen) atoms. The number of benzene rings is 1. The number of aliphatic hydroxyl groups excluding tert-OH is 1. The number of nitrogens with zero attached hydrogens (tertiary/aromatic N) is 4. The second-order valence-corrected chi connectivity index (χ2v) is 10.4. The molecule has 8 heteroatoms. The maximum atomic E-state index is 10.3. The van der Waals surface area contributed by atoms with Crippen molar-refractivity contribution in [1.29, 1.82) is 0 Å². The minimum Gasteiger partial charge on any atom is -0.508 e. The zero-order valence-electron chi connectivity index (χ0n) is 20.7. The van der Waals surface area contributed by atoms with Gasteiger partial charge in [0.1, 0.15) is 17.3 Å². The molecule has 0 aliphatic heterocycles. The Kier molecular flexibility index (Phi) is 7.16. The highest BCUT2D eigenvalue weighted by Gasteiger charge is 2.29. The molecule has 3 aromatic rings. The van der Waals surface area contributed by atoms with Gasteiger partial charge in [-0.15, -0.1) is 0 Å². The van der Waals surface area contributed by atoms with Crippen molar-refractivity contribution in [2.45, 2.75) is 26.7 Å². The van der Waals surface area contributed by atoms with Crippen LogP contribution >= 0.6 is 15.9 Å². The van der Waals surface area contributed by atoms with Crippen LogP contribution in [0.3, 0.4) is 0 Å². The van der Waals surface area contributed by atoms with Crippen LogP contribution in [-0.2, 0) is 0 Å². The van der Waals surface area contributed by atoms with Gasteiger partial charge in [0.2, 0.25) is 0 Å². The maximum Gasteiger partial charge on any atom is 0.172 e. The maximum absolute atomic E-state index is 10.3. The van der Waals surface area contributed by atoms with Crippen molar-refractivity contribution < 1.29 is 10.2 Å². The van der Waals surface area contributed by atoms with Gasteiger partial charge < -0.3 is 20.4 Å². The summed E-state index contributed by atoms with van der Waals surface area (Å²) < 4.78 is 2.58. The number of anilines is 1. The van der Waals surface area contributed by atoms with E-state index in [4.69, 9.17) is 4.98 Å². The number of allylic oxidation sites excluding steroid dienone is 4. The summed E-state index contributed by atoms with van der Waals surface area (Å²) in [6, 6.07) is 9.15. The summed E-state index contributed by atoms with van der Waals surface area (Å²) in [7, 11) is 0. The van der Waals surface area contributed by atoms with Gasteiger partial charge in [-0.05, 0) is 89.1 Å². The Bertz CT molecular complexity index is 1360. The number of rotatable bonds is 10. The number of hydrogen-bond acceptors (Lipinski definition) is 6. The van der Waals surface area contributed by atoms with Crippen molar-refractivity contribution >= 4 is 27.4 Å². The van der Waals surface area contributed by atoms with Crippen LogP contribution in [0.1, 0.15) is 26.7 Å². The molecule has 0 saturated carbocycles. The summed E-state index contributed by atoms with van der Waals surface area (Å²) in [4.78, 5) is 7.16. The molecule has 0 radical (unpaired) electrons. The highest BCUT2D eigenvalue weighted by molar-refractivity contribution is 9.10. The lowest BCUT2D eigenvalue weighted by Crippen LogP contribution is -2.34. The Morgan fingerprint density at radius 3 is 2.81 bits per heavy atom. The minimum atomic E-state index is 0.197. The van der Waals surface area contributed by atoms with Gasteiger partial charge in [0.05, 0.1) is 16.4 Å². The molecule has 0 saturated heterocycles. The summed E-state index contributed by atoms with van der Waals surface area (Å²) in [5.41, 5.74) is 4.75. The fraction of sp³-hybridized carbons (Fsp3) is 0.357. The molecule has 0 spiro atoms. The first-order valence-corrected chi connectivity index (χ1v) is 13.3. The van der Waals surface area contributed by atoms with E-state index < -0.39 is 0 Å². The Balaban J connectivity index is 1.23. The Morgan fingerprint density at radius 1 is 1.25 bits per heavy atom. The van der Waals surface area contributed by atoms with E-state index in [0.29, 0.717) is 34.5 Å². The molecule has 2 aliphatic carbocycles. The average Bonchev–Trinajstić information content (AvgIpc) is 3.65. The molecule has 0 fully saturated rings. The Morgan fingerprint density at radius 2 is 2.06 bits per heavy atom. The van der Waals surface area contributed by atoms with Crippen LogP contribution in [0, 0.1) is 11.8 Å². The number of phenols is 1. The lowest BCUT2D eigenvalue weighted by Gasteiger charge is -2.31. The van der Waals surface area contributed by atoms with Gasteiger partial charge in [-0.1, -0.05) is 32.1 Å². The molecule has 188 valence electrons. The summed E-state index contributed by atoms with van der Waals surface area (Å²) in [6.07, 6.45) is 9.93. The molecular weight excluding hydrogens is 518 g/mol. The number of nitrogens with one attached hydrogen (secondary N) is 1. The second-order valence-electron chi connectivity index (χ2n) is 9.52. The smallest absolute Gasteiger partial charge is 0.172 e. The molecule has 3 N–H and O–H groups in total. The molecular formula is C28H32BrN5O2. The second kappa shape index (κ2) is 10.5. The van der Waals surface area contributed by atoms with E-state index in [9.17, 15) is 10.2 Å². The van der Waals surface area contributed by atoms with Crippen LogP contribution in [-0.4, -0.2) is 55.9 Å². The van der Waals surface area contributed by atoms with Crippen LogP contribution in [0.15, 0.2) is 76.1 Å². The predicted octanol–water partition coefficient (Wildman–Crippen LogP) is 5.95. The topological polar surface area (TPSA) is 85.9 Å². The quantitative estimate of drug-likeness (QED) is 0.271. The third-order valence-corrected chi connectivity index (χ3v) is 7.64. The summed E-state index contributed by atoms with van der Waals surface area (Å²) in [5.74, 6) is 2.14. The van der Waals surface area contributed by atoms with Crippen LogP contribution in [0.4, 0.5) is 5.82 Å². The molecule has 5 rings (SSSR count). The van der Waals surface area contributed by atoms with Crippen LogP contribution in [0.2, 0.25) is 0 Å². The SMILES string of the molecule is CCN(CCCNc1cc(-c2ccccc2O)nc2c(Br)cnn12)CC1C=C(O)C=C(C2=CC2)C1C. The monoisotopic (exact) mass is 549 g/mol. The van der Waals surface area contributed by atoms with E-state index >= 15 is 0 Å². The number of aliphatic hydroxyl groups is 1. The van der Waals surface area contributed by atoms with Gasteiger partial charge >= 0.3 is 0 Å². The van der Waals surface area contributed by atoms with Crippen molar-refractivity contribution in [2.75, 3.05) is 31.5 Å². The first-order chi connectivity index (χ1) is 17.4. The van der Waals surface area contributed by atoms with Crippen molar-refractivity contribution in [2.24, 2.45) is 11.8 Å². The van der Waals surface area contributed by atoms with Crippen molar-refractivity contribution in [3.8, 4) is 17.0 Å². The first kappa shape index (κ1) is 24.6. The number of hydrogen-bond donors (Lipinski definition) is 3. The van der Waals surface area contributed by atoms with E-state index in [-0.39, 0.29) is 5.75 Å². The largest absolute Gasteiger partial charge is 0.508 e. The normalized spacial score (nSPS) is 19.3. The van der Waals surface area contributed by atoms with E-state index in [0.717, 1.165) is 49.3 Å². The van der Waals surface area contributed by atoms with Gasteiger partial charge in [-0.2, -0.15) is 9.61 Å². The highest BCUT2D eigenvalue weighted by atomic mass is 79.9. The third kappa shape index (κ3) is 5.20. The van der Waals surface area contributed by atoms with Crippen molar-refractivity contribution in [3.63, 3.8) is 0 Å². The fourth-order valence-corrected chi connectivity index (χ4v) is 5.25. The number of para-hydroxylation sites is 1. The van der Waals surface area contributed by atoms with Gasteiger partial charge in [-0.3, -0.25) is 0 Å². The zero-order chi connectivity index (χ0) is 25.2. The molecule has 2 atom stereocenters. The molecule has 2 aromatic heterocycles. The van der Waals surface area contributed by atoms with Gasteiger partial charge in [0, 0.05) is 24.7 Å². The van der Waals surface area contributed by atoms with Gasteiger partial charge in [0.15, 0.2) is 5.65 Å². The average molecular weight is 551 g/mol. The third-order valence-electron chi connectivity index (χ3n) is 7.08.